The van der Waals surface area contributed by atoms with E-state index < -0.39 is 47.1 Å². The van der Waals surface area contributed by atoms with Crippen LogP contribution in [0.25, 0.3) is 0 Å². The van der Waals surface area contributed by atoms with Gasteiger partial charge in [-0.25, -0.2) is 13.2 Å². The number of carbonyl (C=O) groups is 3. The van der Waals surface area contributed by atoms with Gasteiger partial charge in [0, 0.05) is 0 Å². The summed E-state index contributed by atoms with van der Waals surface area (Å²) in [5.41, 5.74) is 0.895. The zero-order chi connectivity index (χ0) is 21.3. The number of nitrogens with one attached hydrogen (secondary N) is 2. The Balaban J connectivity index is 2.52. The molecule has 0 aromatic heterocycles. The molecule has 9 nitrogen and oxygen atoms in total. The van der Waals surface area contributed by atoms with Gasteiger partial charge in [0.25, 0.3) is 5.91 Å². The first-order chi connectivity index (χ1) is 13.1. The number of esters is 2. The van der Waals surface area contributed by atoms with Crippen LogP contribution in [-0.4, -0.2) is 52.6 Å². The third-order valence-corrected chi connectivity index (χ3v) is 5.50. The molecule has 10 heteroatoms. The average Bonchev–Trinajstić information content (AvgIpc) is 2.68. The number of hydrogen-bond acceptors (Lipinski definition) is 7. The van der Waals surface area contributed by atoms with Gasteiger partial charge in [0.05, 0.1) is 12.0 Å². The quantitative estimate of drug-likeness (QED) is 0.534. The van der Waals surface area contributed by atoms with Crippen LogP contribution >= 0.6 is 0 Å². The molecule has 1 aromatic carbocycles. The van der Waals surface area contributed by atoms with Gasteiger partial charge in [0.1, 0.15) is 12.6 Å². The molecule has 0 fully saturated rings. The van der Waals surface area contributed by atoms with Crippen LogP contribution in [0.2, 0.25) is 0 Å². The molecular weight excluding hydrogens is 388 g/mol. The van der Waals surface area contributed by atoms with E-state index in [9.17, 15) is 22.8 Å². The Bertz CT molecular complexity index is 791. The Morgan fingerprint density at radius 2 is 1.75 bits per heavy atom. The van der Waals surface area contributed by atoms with E-state index >= 15 is 0 Å². The summed E-state index contributed by atoms with van der Waals surface area (Å²) in [5, 5.41) is 2.45. The number of ether oxygens (including phenoxy) is 2. The summed E-state index contributed by atoms with van der Waals surface area (Å²) >= 11 is 0. The average molecular weight is 414 g/mol. The van der Waals surface area contributed by atoms with Crippen LogP contribution in [0.1, 0.15) is 25.8 Å². The highest BCUT2D eigenvalue weighted by Gasteiger charge is 2.27. The molecule has 1 rings (SSSR count). The Hall–Kier alpha value is -2.46. The predicted molar refractivity (Wildman–Crippen MR) is 101 cm³/mol. The molecule has 0 unspecified atom stereocenters. The molecule has 0 saturated carbocycles. The highest BCUT2D eigenvalue weighted by Crippen LogP contribution is 2.10. The second kappa shape index (κ2) is 10.8. The monoisotopic (exact) mass is 414 g/mol. The Morgan fingerprint density at radius 1 is 1.14 bits per heavy atom. The van der Waals surface area contributed by atoms with Gasteiger partial charge in [0.15, 0.2) is 6.61 Å². The minimum Gasteiger partial charge on any atom is -0.467 e. The SMILES string of the molecule is CC[C@H](C)[C@H](NC(=O)COC(=O)CNS(=O)(=O)c1ccc(C)cc1)C(=O)OC. The fourth-order valence-electron chi connectivity index (χ4n) is 2.16. The number of sulfonamides is 1. The normalized spacial score (nSPS) is 13.3. The van der Waals surface area contributed by atoms with E-state index in [-0.39, 0.29) is 10.8 Å². The van der Waals surface area contributed by atoms with Gasteiger partial charge in [-0.3, -0.25) is 9.59 Å². The van der Waals surface area contributed by atoms with Crippen molar-refractivity contribution in [2.45, 2.75) is 38.1 Å². The van der Waals surface area contributed by atoms with Gasteiger partial charge in [-0.15, -0.1) is 0 Å². The summed E-state index contributed by atoms with van der Waals surface area (Å²) in [6.07, 6.45) is 0.626. The van der Waals surface area contributed by atoms with Crippen molar-refractivity contribution < 1.29 is 32.3 Å². The maximum absolute atomic E-state index is 12.1. The number of carbonyl (C=O) groups excluding carboxylic acids is 3. The van der Waals surface area contributed by atoms with Crippen LogP contribution in [0.15, 0.2) is 29.2 Å². The second-order valence-corrected chi connectivity index (χ2v) is 8.02. The molecular formula is C18H26N2O7S. The Labute approximate surface area is 164 Å². The lowest BCUT2D eigenvalue weighted by atomic mass is 9.99. The number of amides is 1. The zero-order valence-electron chi connectivity index (χ0n) is 16.4. The van der Waals surface area contributed by atoms with E-state index in [0.29, 0.717) is 6.42 Å². The molecule has 0 bridgehead atoms. The Kier molecular flexibility index (Phi) is 9.07. The maximum Gasteiger partial charge on any atom is 0.328 e. The predicted octanol–water partition coefficient (Wildman–Crippen LogP) is 0.520. The lowest BCUT2D eigenvalue weighted by Crippen LogP contribution is -2.47. The summed E-state index contributed by atoms with van der Waals surface area (Å²) in [6.45, 7) is 4.17. The number of rotatable bonds is 10. The second-order valence-electron chi connectivity index (χ2n) is 6.25. The standard InChI is InChI=1S/C18H26N2O7S/c1-5-13(3)17(18(23)26-4)20-15(21)11-27-16(22)10-19-28(24,25)14-8-6-12(2)7-9-14/h6-9,13,17,19H,5,10-11H2,1-4H3,(H,20,21)/t13-,17-/m0/s1. The number of benzene rings is 1. The highest BCUT2D eigenvalue weighted by atomic mass is 32.2. The van der Waals surface area contributed by atoms with Gasteiger partial charge in [-0.2, -0.15) is 4.72 Å². The molecule has 28 heavy (non-hydrogen) atoms. The maximum atomic E-state index is 12.1. The topological polar surface area (TPSA) is 128 Å². The van der Waals surface area contributed by atoms with Crippen molar-refractivity contribution in [3.8, 4) is 0 Å². The van der Waals surface area contributed by atoms with E-state index in [2.05, 4.69) is 14.8 Å². The van der Waals surface area contributed by atoms with Gasteiger partial charge in [-0.05, 0) is 25.0 Å². The molecule has 0 saturated heterocycles. The highest BCUT2D eigenvalue weighted by molar-refractivity contribution is 7.89. The molecule has 0 radical (unpaired) electrons. The largest absolute Gasteiger partial charge is 0.467 e. The van der Waals surface area contributed by atoms with E-state index in [1.54, 1.807) is 19.1 Å². The number of aryl methyl sites for hydroxylation is 1. The molecule has 1 aromatic rings. The molecule has 0 spiro atoms. The van der Waals surface area contributed by atoms with Gasteiger partial charge >= 0.3 is 11.9 Å². The molecule has 2 atom stereocenters. The van der Waals surface area contributed by atoms with Crippen LogP contribution in [0.4, 0.5) is 0 Å². The van der Waals surface area contributed by atoms with Gasteiger partial charge < -0.3 is 14.8 Å². The summed E-state index contributed by atoms with van der Waals surface area (Å²) in [7, 11) is -2.66. The van der Waals surface area contributed by atoms with Crippen molar-refractivity contribution in [2.24, 2.45) is 5.92 Å². The number of hydrogen-bond donors (Lipinski definition) is 2. The van der Waals surface area contributed by atoms with E-state index in [0.717, 1.165) is 5.56 Å². The molecule has 1 amide bonds. The van der Waals surface area contributed by atoms with Gasteiger partial charge in [-0.1, -0.05) is 38.0 Å². The molecule has 0 heterocycles. The smallest absolute Gasteiger partial charge is 0.328 e. The van der Waals surface area contributed by atoms with Crippen LogP contribution in [-0.2, 0) is 33.9 Å². The molecule has 156 valence electrons. The first-order valence-electron chi connectivity index (χ1n) is 8.69. The lowest BCUT2D eigenvalue weighted by molar-refractivity contribution is -0.150. The third kappa shape index (κ3) is 7.28. The van der Waals surface area contributed by atoms with Crippen molar-refractivity contribution in [2.75, 3.05) is 20.3 Å². The van der Waals surface area contributed by atoms with E-state index in [4.69, 9.17) is 4.74 Å². The van der Waals surface area contributed by atoms with Crippen molar-refractivity contribution in [1.29, 1.82) is 0 Å². The minimum absolute atomic E-state index is 0.0121. The molecule has 0 aliphatic heterocycles. The van der Waals surface area contributed by atoms with E-state index in [1.807, 2.05) is 13.8 Å². The number of methoxy groups -OCH3 is 1. The first-order valence-corrected chi connectivity index (χ1v) is 10.2. The summed E-state index contributed by atoms with van der Waals surface area (Å²) in [6, 6.07) is 5.23. The third-order valence-electron chi connectivity index (χ3n) is 4.09. The van der Waals surface area contributed by atoms with Crippen LogP contribution < -0.4 is 10.0 Å². The molecule has 2 N–H and O–H groups in total. The minimum atomic E-state index is -3.87. The van der Waals surface area contributed by atoms with Crippen LogP contribution in [0, 0.1) is 12.8 Å². The fraction of sp³-hybridized carbons (Fsp3) is 0.500. The van der Waals surface area contributed by atoms with Crippen LogP contribution in [0.3, 0.4) is 0 Å². The van der Waals surface area contributed by atoms with Crippen molar-refractivity contribution in [3.05, 3.63) is 29.8 Å². The molecule has 0 aliphatic carbocycles. The summed E-state index contributed by atoms with van der Waals surface area (Å²) < 4.78 is 35.7. The van der Waals surface area contributed by atoms with Gasteiger partial charge in [0.2, 0.25) is 10.0 Å². The lowest BCUT2D eigenvalue weighted by Gasteiger charge is -2.21. The fourth-order valence-corrected chi connectivity index (χ4v) is 3.13. The van der Waals surface area contributed by atoms with Crippen molar-refractivity contribution in [1.82, 2.24) is 10.0 Å². The first kappa shape index (κ1) is 23.6. The zero-order valence-corrected chi connectivity index (χ0v) is 17.2. The molecule has 0 aliphatic rings. The van der Waals surface area contributed by atoms with E-state index in [1.165, 1.54) is 19.2 Å². The summed E-state index contributed by atoms with van der Waals surface area (Å²) in [5.74, 6) is -2.39. The Morgan fingerprint density at radius 3 is 2.29 bits per heavy atom. The van der Waals surface area contributed by atoms with Crippen molar-refractivity contribution in [3.63, 3.8) is 0 Å². The van der Waals surface area contributed by atoms with Crippen LogP contribution in [0.5, 0.6) is 0 Å². The van der Waals surface area contributed by atoms with Crippen molar-refractivity contribution >= 4 is 27.9 Å². The summed E-state index contributed by atoms with van der Waals surface area (Å²) in [4.78, 5) is 35.4.